The third-order valence-electron chi connectivity index (χ3n) is 2.59. The topological polar surface area (TPSA) is 49.8 Å². The molecule has 0 amide bonds. The molecular formula is C11H19NO3. The SMILES string of the molecule is C=C(C)CCN1CCOCC1CC(=O)O. The van der Waals surface area contributed by atoms with E-state index in [1.165, 1.54) is 0 Å². The van der Waals surface area contributed by atoms with Gasteiger partial charge < -0.3 is 9.84 Å². The van der Waals surface area contributed by atoms with Gasteiger partial charge >= 0.3 is 5.97 Å². The van der Waals surface area contributed by atoms with Gasteiger partial charge in [-0.3, -0.25) is 9.69 Å². The second kappa shape index (κ2) is 5.88. The molecule has 1 aliphatic rings. The van der Waals surface area contributed by atoms with Gasteiger partial charge in [-0.25, -0.2) is 0 Å². The lowest BCUT2D eigenvalue weighted by Crippen LogP contribution is -2.46. The molecule has 0 saturated carbocycles. The maximum Gasteiger partial charge on any atom is 0.305 e. The van der Waals surface area contributed by atoms with Crippen molar-refractivity contribution < 1.29 is 14.6 Å². The van der Waals surface area contributed by atoms with Crippen LogP contribution in [0.15, 0.2) is 12.2 Å². The molecule has 1 heterocycles. The van der Waals surface area contributed by atoms with Gasteiger partial charge in [0.05, 0.1) is 19.6 Å². The molecule has 1 rings (SSSR count). The lowest BCUT2D eigenvalue weighted by Gasteiger charge is -2.34. The third kappa shape index (κ3) is 4.44. The molecule has 1 fully saturated rings. The summed E-state index contributed by atoms with van der Waals surface area (Å²) in [6.45, 7) is 8.79. The van der Waals surface area contributed by atoms with Crippen molar-refractivity contribution in [3.05, 3.63) is 12.2 Å². The number of carboxylic acids is 1. The summed E-state index contributed by atoms with van der Waals surface area (Å²) in [6, 6.07) is 0.0237. The number of nitrogens with zero attached hydrogens (tertiary/aromatic N) is 1. The van der Waals surface area contributed by atoms with Crippen LogP contribution < -0.4 is 0 Å². The molecule has 1 saturated heterocycles. The lowest BCUT2D eigenvalue weighted by molar-refractivity contribution is -0.140. The van der Waals surface area contributed by atoms with Gasteiger partial charge in [0.1, 0.15) is 0 Å². The van der Waals surface area contributed by atoms with Crippen LogP contribution in [0.25, 0.3) is 0 Å². The van der Waals surface area contributed by atoms with E-state index in [1.807, 2.05) is 6.92 Å². The van der Waals surface area contributed by atoms with Crippen LogP contribution in [0, 0.1) is 0 Å². The molecular weight excluding hydrogens is 194 g/mol. The van der Waals surface area contributed by atoms with Gasteiger partial charge in [-0.2, -0.15) is 0 Å². The number of aliphatic carboxylic acids is 1. The average Bonchev–Trinajstić information content (AvgIpc) is 2.15. The summed E-state index contributed by atoms with van der Waals surface area (Å²) in [5.74, 6) is -0.758. The van der Waals surface area contributed by atoms with E-state index in [1.54, 1.807) is 0 Å². The molecule has 0 aromatic heterocycles. The zero-order chi connectivity index (χ0) is 11.3. The van der Waals surface area contributed by atoms with Gasteiger partial charge in [0.15, 0.2) is 0 Å². The fourth-order valence-corrected chi connectivity index (χ4v) is 1.71. The normalized spacial score (nSPS) is 22.6. The molecule has 1 aliphatic heterocycles. The van der Waals surface area contributed by atoms with Gasteiger partial charge in [0.2, 0.25) is 0 Å². The molecule has 15 heavy (non-hydrogen) atoms. The van der Waals surface area contributed by atoms with E-state index in [4.69, 9.17) is 9.84 Å². The van der Waals surface area contributed by atoms with Crippen molar-refractivity contribution in [1.29, 1.82) is 0 Å². The standard InChI is InChI=1S/C11H19NO3/c1-9(2)3-4-12-5-6-15-8-10(12)7-11(13)14/h10H,1,3-8H2,2H3,(H,13,14). The summed E-state index contributed by atoms with van der Waals surface area (Å²) in [4.78, 5) is 12.8. The Morgan fingerprint density at radius 3 is 3.00 bits per heavy atom. The molecule has 1 unspecified atom stereocenters. The largest absolute Gasteiger partial charge is 0.481 e. The zero-order valence-electron chi connectivity index (χ0n) is 9.24. The predicted octanol–water partition coefficient (Wildman–Crippen LogP) is 1.13. The first-order valence-electron chi connectivity index (χ1n) is 5.27. The quantitative estimate of drug-likeness (QED) is 0.695. The molecule has 0 aromatic carbocycles. The van der Waals surface area contributed by atoms with Crippen molar-refractivity contribution in [3.8, 4) is 0 Å². The third-order valence-corrected chi connectivity index (χ3v) is 2.59. The molecule has 4 heteroatoms. The molecule has 4 nitrogen and oxygen atoms in total. The van der Waals surface area contributed by atoms with Crippen LogP contribution in [0.3, 0.4) is 0 Å². The predicted molar refractivity (Wildman–Crippen MR) is 57.9 cm³/mol. The summed E-state index contributed by atoms with van der Waals surface area (Å²) in [6.07, 6.45) is 1.09. The fourth-order valence-electron chi connectivity index (χ4n) is 1.71. The van der Waals surface area contributed by atoms with Crippen LogP contribution in [0.5, 0.6) is 0 Å². The Morgan fingerprint density at radius 2 is 2.40 bits per heavy atom. The summed E-state index contributed by atoms with van der Waals surface area (Å²) in [5.41, 5.74) is 1.13. The van der Waals surface area contributed by atoms with E-state index in [9.17, 15) is 4.79 Å². The number of hydrogen-bond donors (Lipinski definition) is 1. The van der Waals surface area contributed by atoms with E-state index in [2.05, 4.69) is 11.5 Å². The highest BCUT2D eigenvalue weighted by atomic mass is 16.5. The van der Waals surface area contributed by atoms with Crippen LogP contribution >= 0.6 is 0 Å². The Kier molecular flexibility index (Phi) is 4.78. The Balaban J connectivity index is 2.42. The summed E-state index contributed by atoms with van der Waals surface area (Å²) < 4.78 is 5.29. The number of rotatable bonds is 5. The molecule has 0 radical (unpaired) electrons. The zero-order valence-corrected chi connectivity index (χ0v) is 9.24. The molecule has 0 aliphatic carbocycles. The van der Waals surface area contributed by atoms with Gasteiger partial charge in [-0.15, -0.1) is 6.58 Å². The number of hydrogen-bond acceptors (Lipinski definition) is 3. The number of carboxylic acid groups (broad SMARTS) is 1. The van der Waals surface area contributed by atoms with Gasteiger partial charge in [-0.1, -0.05) is 5.57 Å². The van der Waals surface area contributed by atoms with Crippen molar-refractivity contribution in [2.24, 2.45) is 0 Å². The minimum atomic E-state index is -0.758. The number of carbonyl (C=O) groups is 1. The maximum atomic E-state index is 10.7. The van der Waals surface area contributed by atoms with Crippen molar-refractivity contribution in [2.45, 2.75) is 25.8 Å². The van der Waals surface area contributed by atoms with Gasteiger partial charge in [0.25, 0.3) is 0 Å². The van der Waals surface area contributed by atoms with Crippen LogP contribution in [-0.2, 0) is 9.53 Å². The summed E-state index contributed by atoms with van der Waals surface area (Å²) in [5, 5.41) is 8.76. The van der Waals surface area contributed by atoms with Crippen LogP contribution in [0.2, 0.25) is 0 Å². The Bertz CT molecular complexity index is 240. The first kappa shape index (κ1) is 12.2. The molecule has 86 valence electrons. The van der Waals surface area contributed by atoms with Crippen LogP contribution in [0.4, 0.5) is 0 Å². The Labute approximate surface area is 90.5 Å². The van der Waals surface area contributed by atoms with E-state index >= 15 is 0 Å². The van der Waals surface area contributed by atoms with Crippen molar-refractivity contribution in [2.75, 3.05) is 26.3 Å². The highest BCUT2D eigenvalue weighted by Gasteiger charge is 2.24. The lowest BCUT2D eigenvalue weighted by atomic mass is 10.1. The van der Waals surface area contributed by atoms with E-state index in [-0.39, 0.29) is 12.5 Å². The first-order chi connectivity index (χ1) is 7.09. The van der Waals surface area contributed by atoms with Gasteiger partial charge in [-0.05, 0) is 13.3 Å². The average molecular weight is 213 g/mol. The number of morpholine rings is 1. The van der Waals surface area contributed by atoms with E-state index in [0.717, 1.165) is 25.1 Å². The molecule has 0 spiro atoms. The van der Waals surface area contributed by atoms with Crippen molar-refractivity contribution in [1.82, 2.24) is 4.90 Å². The summed E-state index contributed by atoms with van der Waals surface area (Å²) >= 11 is 0. The number of ether oxygens (including phenoxy) is 1. The minimum absolute atomic E-state index is 0.0237. The Hall–Kier alpha value is -0.870. The second-order valence-corrected chi connectivity index (χ2v) is 4.07. The maximum absolute atomic E-state index is 10.7. The Morgan fingerprint density at radius 1 is 1.67 bits per heavy atom. The molecule has 0 aromatic rings. The highest BCUT2D eigenvalue weighted by molar-refractivity contribution is 5.67. The van der Waals surface area contributed by atoms with Gasteiger partial charge in [0, 0.05) is 19.1 Å². The van der Waals surface area contributed by atoms with Crippen molar-refractivity contribution >= 4 is 5.97 Å². The molecule has 1 atom stereocenters. The van der Waals surface area contributed by atoms with Crippen LogP contribution in [-0.4, -0.2) is 48.3 Å². The van der Waals surface area contributed by atoms with E-state index < -0.39 is 5.97 Å². The minimum Gasteiger partial charge on any atom is -0.481 e. The monoisotopic (exact) mass is 213 g/mol. The second-order valence-electron chi connectivity index (χ2n) is 4.07. The molecule has 0 bridgehead atoms. The van der Waals surface area contributed by atoms with Crippen molar-refractivity contribution in [3.63, 3.8) is 0 Å². The van der Waals surface area contributed by atoms with Crippen LogP contribution in [0.1, 0.15) is 19.8 Å². The highest BCUT2D eigenvalue weighted by Crippen LogP contribution is 2.12. The summed E-state index contributed by atoms with van der Waals surface area (Å²) in [7, 11) is 0. The smallest absolute Gasteiger partial charge is 0.305 e. The fraction of sp³-hybridized carbons (Fsp3) is 0.727. The first-order valence-corrected chi connectivity index (χ1v) is 5.27. The molecule has 1 N–H and O–H groups in total. The van der Waals surface area contributed by atoms with E-state index in [0.29, 0.717) is 13.2 Å².